The highest BCUT2D eigenvalue weighted by atomic mass is 16.5. The molecule has 114 valence electrons. The molecule has 0 amide bonds. The molecule has 1 heterocycles. The van der Waals surface area contributed by atoms with E-state index in [1.54, 1.807) is 6.33 Å². The van der Waals surface area contributed by atoms with E-state index in [2.05, 4.69) is 17.0 Å². The Balaban J connectivity index is 2.09. The number of aromatic nitrogens is 3. The first-order valence-corrected chi connectivity index (χ1v) is 7.80. The molecule has 1 saturated carbocycles. The Hall–Kier alpha value is -0.940. The quantitative estimate of drug-likeness (QED) is 0.868. The second kappa shape index (κ2) is 6.68. The number of hydrogen-bond donors (Lipinski definition) is 1. The van der Waals surface area contributed by atoms with Crippen molar-refractivity contribution in [2.24, 2.45) is 5.92 Å². The maximum atomic E-state index is 10.7. The largest absolute Gasteiger partial charge is 0.390 e. The molecule has 0 bridgehead atoms. The smallest absolute Gasteiger partial charge is 0.138 e. The molecule has 20 heavy (non-hydrogen) atoms. The van der Waals surface area contributed by atoms with E-state index in [0.29, 0.717) is 13.0 Å². The summed E-state index contributed by atoms with van der Waals surface area (Å²) < 4.78 is 7.84. The zero-order valence-corrected chi connectivity index (χ0v) is 12.9. The molecule has 1 N–H and O–H groups in total. The van der Waals surface area contributed by atoms with E-state index in [0.717, 1.165) is 44.0 Å². The summed E-state index contributed by atoms with van der Waals surface area (Å²) in [5, 5.41) is 14.9. The van der Waals surface area contributed by atoms with Crippen molar-refractivity contribution in [3.8, 4) is 0 Å². The lowest BCUT2D eigenvalue weighted by molar-refractivity contribution is -0.144. The van der Waals surface area contributed by atoms with Gasteiger partial charge in [-0.25, -0.2) is 4.98 Å². The third-order valence-corrected chi connectivity index (χ3v) is 4.53. The summed E-state index contributed by atoms with van der Waals surface area (Å²) in [7, 11) is 0. The van der Waals surface area contributed by atoms with Crippen LogP contribution in [0.5, 0.6) is 0 Å². The molecule has 1 aliphatic carbocycles. The molecule has 1 aromatic heterocycles. The number of hydrogen-bond acceptors (Lipinski definition) is 4. The Kier molecular flexibility index (Phi) is 5.16. The summed E-state index contributed by atoms with van der Waals surface area (Å²) in [5.74, 6) is 1.58. The molecule has 1 aliphatic rings. The molecule has 0 aliphatic heterocycles. The van der Waals surface area contributed by atoms with Crippen LogP contribution in [-0.4, -0.2) is 38.2 Å². The monoisotopic (exact) mass is 281 g/mol. The molecule has 1 aromatic rings. The van der Waals surface area contributed by atoms with Gasteiger partial charge in [-0.2, -0.15) is 5.10 Å². The van der Waals surface area contributed by atoms with Crippen LogP contribution in [0, 0.1) is 5.92 Å². The van der Waals surface area contributed by atoms with Crippen LogP contribution in [0.4, 0.5) is 0 Å². The van der Waals surface area contributed by atoms with E-state index in [4.69, 9.17) is 4.74 Å². The van der Waals surface area contributed by atoms with Crippen LogP contribution < -0.4 is 0 Å². The van der Waals surface area contributed by atoms with Crippen LogP contribution in [0.25, 0.3) is 0 Å². The topological polar surface area (TPSA) is 60.2 Å². The van der Waals surface area contributed by atoms with Gasteiger partial charge in [-0.05, 0) is 45.4 Å². The fourth-order valence-corrected chi connectivity index (χ4v) is 3.18. The fraction of sp³-hybridized carbons (Fsp3) is 0.867. The molecule has 0 saturated heterocycles. The van der Waals surface area contributed by atoms with Gasteiger partial charge < -0.3 is 9.84 Å². The summed E-state index contributed by atoms with van der Waals surface area (Å²) in [6, 6.07) is 0. The molecule has 0 spiro atoms. The SMILES string of the molecule is CCOC1(C(O)Cc2ncnn2CC)CCC(C)CC1. The maximum Gasteiger partial charge on any atom is 0.138 e. The number of rotatable bonds is 6. The fourth-order valence-electron chi connectivity index (χ4n) is 3.18. The highest BCUT2D eigenvalue weighted by molar-refractivity contribution is 4.98. The molecule has 1 unspecified atom stereocenters. The molecule has 2 rings (SSSR count). The predicted molar refractivity (Wildman–Crippen MR) is 77.4 cm³/mol. The Labute approximate surface area is 121 Å². The van der Waals surface area contributed by atoms with Crippen molar-refractivity contribution < 1.29 is 9.84 Å². The van der Waals surface area contributed by atoms with Gasteiger partial charge in [-0.3, -0.25) is 4.68 Å². The minimum absolute atomic E-state index is 0.397. The van der Waals surface area contributed by atoms with E-state index in [9.17, 15) is 5.11 Å². The lowest BCUT2D eigenvalue weighted by Gasteiger charge is -2.42. The van der Waals surface area contributed by atoms with Crippen LogP contribution in [0.15, 0.2) is 6.33 Å². The van der Waals surface area contributed by atoms with Crippen molar-refractivity contribution in [1.29, 1.82) is 0 Å². The molecule has 0 radical (unpaired) electrons. The lowest BCUT2D eigenvalue weighted by Crippen LogP contribution is -2.49. The Morgan fingerprint density at radius 1 is 1.45 bits per heavy atom. The van der Waals surface area contributed by atoms with Gasteiger partial charge in [0.05, 0.1) is 11.7 Å². The van der Waals surface area contributed by atoms with E-state index in [1.165, 1.54) is 0 Å². The number of ether oxygens (including phenoxy) is 1. The first-order chi connectivity index (χ1) is 9.61. The number of nitrogens with zero attached hydrogens (tertiary/aromatic N) is 3. The second-order valence-corrected chi connectivity index (χ2v) is 5.89. The number of aliphatic hydroxyl groups is 1. The standard InChI is InChI=1S/C15H27N3O2/c1-4-18-14(16-11-17-18)10-13(19)15(20-5-2)8-6-12(3)7-9-15/h11-13,19H,4-10H2,1-3H3. The minimum atomic E-state index is -0.510. The molecule has 0 aromatic carbocycles. The Bertz CT molecular complexity index is 411. The molecule has 1 atom stereocenters. The van der Waals surface area contributed by atoms with Gasteiger partial charge in [0, 0.05) is 19.6 Å². The Morgan fingerprint density at radius 3 is 2.75 bits per heavy atom. The summed E-state index contributed by atoms with van der Waals surface area (Å²) >= 11 is 0. The molecular formula is C15H27N3O2. The first-order valence-electron chi connectivity index (χ1n) is 7.80. The van der Waals surface area contributed by atoms with Crippen LogP contribution in [0.2, 0.25) is 0 Å². The van der Waals surface area contributed by atoms with Crippen molar-refractivity contribution in [3.05, 3.63) is 12.2 Å². The normalized spacial score (nSPS) is 28.5. The first kappa shape index (κ1) is 15.4. The predicted octanol–water partition coefficient (Wildman–Crippen LogP) is 2.19. The molecule has 5 heteroatoms. The van der Waals surface area contributed by atoms with Gasteiger partial charge >= 0.3 is 0 Å². The van der Waals surface area contributed by atoms with E-state index in [-0.39, 0.29) is 0 Å². The lowest BCUT2D eigenvalue weighted by atomic mass is 9.75. The highest BCUT2D eigenvalue weighted by Crippen LogP contribution is 2.38. The van der Waals surface area contributed by atoms with E-state index < -0.39 is 11.7 Å². The average Bonchev–Trinajstić information content (AvgIpc) is 2.89. The second-order valence-electron chi connectivity index (χ2n) is 5.89. The average molecular weight is 281 g/mol. The van der Waals surface area contributed by atoms with Crippen LogP contribution in [0.3, 0.4) is 0 Å². The minimum Gasteiger partial charge on any atom is -0.390 e. The van der Waals surface area contributed by atoms with Crippen LogP contribution in [0.1, 0.15) is 52.3 Å². The Morgan fingerprint density at radius 2 is 2.15 bits per heavy atom. The molecule has 5 nitrogen and oxygen atoms in total. The van der Waals surface area contributed by atoms with Crippen molar-refractivity contribution in [3.63, 3.8) is 0 Å². The summed E-state index contributed by atoms with van der Waals surface area (Å²) in [4.78, 5) is 4.26. The zero-order valence-electron chi connectivity index (χ0n) is 12.9. The number of aliphatic hydroxyl groups excluding tert-OH is 1. The van der Waals surface area contributed by atoms with Gasteiger partial charge in [0.15, 0.2) is 0 Å². The highest BCUT2D eigenvalue weighted by Gasteiger charge is 2.41. The van der Waals surface area contributed by atoms with Crippen LogP contribution >= 0.6 is 0 Å². The third kappa shape index (κ3) is 3.20. The van der Waals surface area contributed by atoms with Gasteiger partial charge in [0.2, 0.25) is 0 Å². The summed E-state index contributed by atoms with van der Waals surface area (Å²) in [6.45, 7) is 7.73. The zero-order chi connectivity index (χ0) is 14.6. The van der Waals surface area contributed by atoms with E-state index in [1.807, 2.05) is 18.5 Å². The maximum absolute atomic E-state index is 10.7. The van der Waals surface area contributed by atoms with Gasteiger partial charge in [-0.1, -0.05) is 6.92 Å². The molecule has 1 fully saturated rings. The van der Waals surface area contributed by atoms with E-state index >= 15 is 0 Å². The number of aryl methyl sites for hydroxylation is 1. The van der Waals surface area contributed by atoms with Gasteiger partial charge in [0.25, 0.3) is 0 Å². The van der Waals surface area contributed by atoms with Gasteiger partial charge in [-0.15, -0.1) is 0 Å². The summed E-state index contributed by atoms with van der Waals surface area (Å²) in [5.41, 5.74) is -0.397. The van der Waals surface area contributed by atoms with Crippen molar-refractivity contribution >= 4 is 0 Å². The van der Waals surface area contributed by atoms with Crippen molar-refractivity contribution in [2.75, 3.05) is 6.61 Å². The van der Waals surface area contributed by atoms with Crippen molar-refractivity contribution in [2.45, 2.75) is 71.1 Å². The van der Waals surface area contributed by atoms with Crippen LogP contribution in [-0.2, 0) is 17.7 Å². The third-order valence-electron chi connectivity index (χ3n) is 4.53. The summed E-state index contributed by atoms with van der Waals surface area (Å²) in [6.07, 6.45) is 5.68. The van der Waals surface area contributed by atoms with Crippen molar-refractivity contribution in [1.82, 2.24) is 14.8 Å². The van der Waals surface area contributed by atoms with Gasteiger partial charge in [0.1, 0.15) is 12.2 Å². The molecular weight excluding hydrogens is 254 g/mol.